The lowest BCUT2D eigenvalue weighted by Crippen LogP contribution is -2.40. The number of benzene rings is 2. The molecule has 0 unspecified atom stereocenters. The lowest BCUT2D eigenvalue weighted by molar-refractivity contribution is 0.0654. The first-order valence-electron chi connectivity index (χ1n) is 11.5. The minimum absolute atomic E-state index is 0.165. The summed E-state index contributed by atoms with van der Waals surface area (Å²) in [5.41, 5.74) is 2.53. The van der Waals surface area contributed by atoms with Crippen LogP contribution in [0.5, 0.6) is 11.5 Å². The summed E-state index contributed by atoms with van der Waals surface area (Å²) in [6, 6.07) is 14.7. The fourth-order valence-corrected chi connectivity index (χ4v) is 5.28. The van der Waals surface area contributed by atoms with Crippen LogP contribution in [0.25, 0.3) is 0 Å². The zero-order chi connectivity index (χ0) is 26.1. The van der Waals surface area contributed by atoms with Crippen LogP contribution in [0.4, 0.5) is 0 Å². The third kappa shape index (κ3) is 6.90. The van der Waals surface area contributed by atoms with Crippen LogP contribution in [0.3, 0.4) is 0 Å². The summed E-state index contributed by atoms with van der Waals surface area (Å²) in [6.07, 6.45) is 4.01. The highest BCUT2D eigenvalue weighted by Crippen LogP contribution is 2.29. The van der Waals surface area contributed by atoms with Crippen LogP contribution in [0.1, 0.15) is 35.5 Å². The molecule has 36 heavy (non-hydrogen) atoms. The van der Waals surface area contributed by atoms with E-state index in [2.05, 4.69) is 16.5 Å². The number of hydrogen-bond donors (Lipinski definition) is 0. The van der Waals surface area contributed by atoms with Gasteiger partial charge in [0.2, 0.25) is 10.0 Å². The summed E-state index contributed by atoms with van der Waals surface area (Å²) in [6.45, 7) is 7.70. The van der Waals surface area contributed by atoms with Crippen LogP contribution < -0.4 is 9.47 Å². The third-order valence-corrected chi connectivity index (χ3v) is 7.91. The SMILES string of the molecule is C=CCO[C@H](c1ncc(C)cn1)[C@H](C)S(=O)(=O)N(Cc1ccc(OC)cc1)Cc1ccc(OC)cc1. The van der Waals surface area contributed by atoms with E-state index in [-0.39, 0.29) is 19.7 Å². The van der Waals surface area contributed by atoms with Crippen molar-refractivity contribution in [2.75, 3.05) is 20.8 Å². The topological polar surface area (TPSA) is 90.9 Å². The normalized spacial score (nSPS) is 13.2. The molecule has 0 amide bonds. The second-order valence-corrected chi connectivity index (χ2v) is 10.7. The lowest BCUT2D eigenvalue weighted by atomic mass is 10.2. The van der Waals surface area contributed by atoms with E-state index in [1.54, 1.807) is 39.6 Å². The zero-order valence-electron chi connectivity index (χ0n) is 21.1. The average Bonchev–Trinajstić information content (AvgIpc) is 2.90. The molecule has 192 valence electrons. The van der Waals surface area contributed by atoms with Gasteiger partial charge in [0.05, 0.1) is 20.8 Å². The Morgan fingerprint density at radius 1 is 0.917 bits per heavy atom. The van der Waals surface area contributed by atoms with Gasteiger partial charge in [-0.25, -0.2) is 18.4 Å². The number of aromatic nitrogens is 2. The highest BCUT2D eigenvalue weighted by atomic mass is 32.2. The second-order valence-electron chi connectivity index (χ2n) is 8.38. The summed E-state index contributed by atoms with van der Waals surface area (Å²) in [5.74, 6) is 1.71. The Kier molecular flexibility index (Phi) is 9.58. The van der Waals surface area contributed by atoms with Crippen molar-refractivity contribution in [3.63, 3.8) is 0 Å². The van der Waals surface area contributed by atoms with Crippen molar-refractivity contribution in [1.29, 1.82) is 0 Å². The number of sulfonamides is 1. The fourth-order valence-electron chi connectivity index (χ4n) is 3.64. The van der Waals surface area contributed by atoms with Gasteiger partial charge in [-0.2, -0.15) is 4.31 Å². The van der Waals surface area contributed by atoms with Gasteiger partial charge in [0.1, 0.15) is 22.9 Å². The van der Waals surface area contributed by atoms with Crippen LogP contribution >= 0.6 is 0 Å². The van der Waals surface area contributed by atoms with Crippen LogP contribution in [0, 0.1) is 6.92 Å². The van der Waals surface area contributed by atoms with Crippen LogP contribution in [-0.2, 0) is 27.8 Å². The molecule has 0 bridgehead atoms. The van der Waals surface area contributed by atoms with E-state index in [9.17, 15) is 8.42 Å². The number of ether oxygens (including phenoxy) is 3. The van der Waals surface area contributed by atoms with Gasteiger partial charge in [0.15, 0.2) is 5.82 Å². The van der Waals surface area contributed by atoms with E-state index < -0.39 is 21.4 Å². The van der Waals surface area contributed by atoms with E-state index in [1.165, 1.54) is 4.31 Å². The van der Waals surface area contributed by atoms with Gasteiger partial charge < -0.3 is 14.2 Å². The second kappa shape index (κ2) is 12.6. The molecule has 0 radical (unpaired) electrons. The predicted octanol–water partition coefficient (Wildman–Crippen LogP) is 4.47. The van der Waals surface area contributed by atoms with Crippen molar-refractivity contribution in [2.24, 2.45) is 0 Å². The molecule has 1 heterocycles. The smallest absolute Gasteiger partial charge is 0.220 e. The molecule has 0 saturated carbocycles. The number of nitrogens with zero attached hydrogens (tertiary/aromatic N) is 3. The standard InChI is InChI=1S/C27H33N3O5S/c1-6-15-35-26(27-28-16-20(2)17-29-27)21(3)36(31,32)30(18-22-7-11-24(33-4)12-8-22)19-23-9-13-25(34-5)14-10-23/h6-14,16-17,21,26H,1,15,18-19H2,2-5H3/t21-,26-/m0/s1. The van der Waals surface area contributed by atoms with Gasteiger partial charge in [-0.05, 0) is 54.8 Å². The molecular formula is C27H33N3O5S. The summed E-state index contributed by atoms with van der Waals surface area (Å²) < 4.78 is 45.9. The van der Waals surface area contributed by atoms with E-state index >= 15 is 0 Å². The molecule has 2 aromatic carbocycles. The Morgan fingerprint density at radius 3 is 1.81 bits per heavy atom. The zero-order valence-corrected chi connectivity index (χ0v) is 21.9. The Labute approximate surface area is 213 Å². The monoisotopic (exact) mass is 511 g/mol. The molecule has 0 fully saturated rings. The fraction of sp³-hybridized carbons (Fsp3) is 0.333. The highest BCUT2D eigenvalue weighted by Gasteiger charge is 2.37. The molecular weight excluding hydrogens is 478 g/mol. The van der Waals surface area contributed by atoms with E-state index in [0.717, 1.165) is 16.7 Å². The first-order chi connectivity index (χ1) is 17.3. The third-order valence-electron chi connectivity index (χ3n) is 5.74. The first-order valence-corrected chi connectivity index (χ1v) is 13.0. The highest BCUT2D eigenvalue weighted by molar-refractivity contribution is 7.89. The van der Waals surface area contributed by atoms with E-state index in [0.29, 0.717) is 17.3 Å². The maximum Gasteiger partial charge on any atom is 0.220 e. The average molecular weight is 512 g/mol. The van der Waals surface area contributed by atoms with Gasteiger partial charge in [-0.3, -0.25) is 0 Å². The molecule has 0 aliphatic rings. The Balaban J connectivity index is 1.97. The number of hydrogen-bond acceptors (Lipinski definition) is 7. The van der Waals surface area contributed by atoms with Crippen LogP contribution in [0.2, 0.25) is 0 Å². The molecule has 2 atom stereocenters. The largest absolute Gasteiger partial charge is 0.497 e. The summed E-state index contributed by atoms with van der Waals surface area (Å²) in [4.78, 5) is 8.70. The van der Waals surface area contributed by atoms with Crippen molar-refractivity contribution in [3.05, 3.63) is 96.1 Å². The van der Waals surface area contributed by atoms with Gasteiger partial charge in [-0.1, -0.05) is 30.3 Å². The van der Waals surface area contributed by atoms with Crippen molar-refractivity contribution < 1.29 is 22.6 Å². The summed E-state index contributed by atoms with van der Waals surface area (Å²) in [7, 11) is -0.703. The quantitative estimate of drug-likeness (QED) is 0.313. The van der Waals surface area contributed by atoms with E-state index in [4.69, 9.17) is 14.2 Å². The lowest BCUT2D eigenvalue weighted by Gasteiger charge is -2.30. The maximum atomic E-state index is 14.0. The molecule has 1 aromatic heterocycles. The summed E-state index contributed by atoms with van der Waals surface area (Å²) >= 11 is 0. The molecule has 0 aliphatic carbocycles. The van der Waals surface area contributed by atoms with Crippen LogP contribution in [-0.4, -0.2) is 48.8 Å². The van der Waals surface area contributed by atoms with E-state index in [1.807, 2.05) is 55.5 Å². The van der Waals surface area contributed by atoms with Crippen molar-refractivity contribution in [2.45, 2.75) is 38.3 Å². The summed E-state index contributed by atoms with van der Waals surface area (Å²) in [5, 5.41) is -0.961. The molecule has 0 N–H and O–H groups in total. The Bertz CT molecular complexity index is 1160. The molecule has 0 spiro atoms. The van der Waals surface area contributed by atoms with Gasteiger partial charge in [0.25, 0.3) is 0 Å². The van der Waals surface area contributed by atoms with Gasteiger partial charge >= 0.3 is 0 Å². The number of rotatable bonds is 13. The molecule has 0 aliphatic heterocycles. The Hall–Kier alpha value is -3.27. The predicted molar refractivity (Wildman–Crippen MR) is 139 cm³/mol. The molecule has 3 aromatic rings. The minimum Gasteiger partial charge on any atom is -0.497 e. The number of methoxy groups -OCH3 is 2. The van der Waals surface area contributed by atoms with Crippen molar-refractivity contribution in [1.82, 2.24) is 14.3 Å². The molecule has 0 saturated heterocycles. The Morgan fingerprint density at radius 2 is 1.39 bits per heavy atom. The maximum absolute atomic E-state index is 14.0. The van der Waals surface area contributed by atoms with Crippen LogP contribution in [0.15, 0.2) is 73.6 Å². The first kappa shape index (κ1) is 27.3. The molecule has 8 nitrogen and oxygen atoms in total. The number of aryl methyl sites for hydroxylation is 1. The van der Waals surface area contributed by atoms with Gasteiger partial charge in [-0.15, -0.1) is 6.58 Å². The van der Waals surface area contributed by atoms with Crippen molar-refractivity contribution in [3.8, 4) is 11.5 Å². The van der Waals surface area contributed by atoms with Gasteiger partial charge in [0, 0.05) is 25.5 Å². The minimum atomic E-state index is -3.89. The molecule has 9 heteroatoms. The molecule has 3 rings (SSSR count). The van der Waals surface area contributed by atoms with Crippen molar-refractivity contribution >= 4 is 10.0 Å².